The van der Waals surface area contributed by atoms with E-state index in [1.807, 2.05) is 0 Å². The van der Waals surface area contributed by atoms with Gasteiger partial charge in [0.15, 0.2) is 0 Å². The van der Waals surface area contributed by atoms with Crippen LogP contribution in [0.5, 0.6) is 5.75 Å². The van der Waals surface area contributed by atoms with E-state index in [9.17, 15) is 9.59 Å². The second-order valence-electron chi connectivity index (χ2n) is 3.63. The van der Waals surface area contributed by atoms with Crippen molar-refractivity contribution in [2.45, 2.75) is 6.92 Å². The summed E-state index contributed by atoms with van der Waals surface area (Å²) in [5.74, 6) is 0.508. The third-order valence-corrected chi connectivity index (χ3v) is 2.38. The van der Waals surface area contributed by atoms with Gasteiger partial charge in [-0.3, -0.25) is 4.79 Å². The quantitative estimate of drug-likeness (QED) is 0.787. The highest BCUT2D eigenvalue weighted by Gasteiger charge is 2.10. The van der Waals surface area contributed by atoms with E-state index in [0.717, 1.165) is 4.74 Å². The molecule has 0 atom stereocenters. The van der Waals surface area contributed by atoms with Gasteiger partial charge < -0.3 is 9.26 Å². The first-order chi connectivity index (χ1) is 8.04. The van der Waals surface area contributed by atoms with Crippen LogP contribution in [0.4, 0.5) is 0 Å². The fourth-order valence-corrected chi connectivity index (χ4v) is 1.54. The average molecular weight is 233 g/mol. The smallest absolute Gasteiger partial charge is 0.364 e. The molecule has 5 nitrogen and oxygen atoms in total. The van der Waals surface area contributed by atoms with Crippen molar-refractivity contribution in [1.29, 1.82) is 0 Å². The van der Waals surface area contributed by atoms with E-state index in [-0.39, 0.29) is 10.8 Å². The van der Waals surface area contributed by atoms with Crippen LogP contribution in [-0.2, 0) is 0 Å². The molecule has 1 aromatic carbocycles. The summed E-state index contributed by atoms with van der Waals surface area (Å²) >= 11 is 0. The lowest BCUT2D eigenvalue weighted by Gasteiger charge is -2.04. The van der Waals surface area contributed by atoms with E-state index in [4.69, 9.17) is 9.26 Å². The van der Waals surface area contributed by atoms with Crippen molar-refractivity contribution in [2.24, 2.45) is 0 Å². The molecule has 0 spiro atoms. The zero-order valence-electron chi connectivity index (χ0n) is 9.52. The predicted molar refractivity (Wildman–Crippen MR) is 64.3 cm³/mol. The van der Waals surface area contributed by atoms with Crippen molar-refractivity contribution in [3.8, 4) is 5.75 Å². The molecule has 0 amide bonds. The Morgan fingerprint density at radius 2 is 2.06 bits per heavy atom. The summed E-state index contributed by atoms with van der Waals surface area (Å²) in [5.41, 5.74) is -0.659. The van der Waals surface area contributed by atoms with Gasteiger partial charge in [-0.25, -0.2) is 4.79 Å². The second-order valence-corrected chi connectivity index (χ2v) is 3.63. The fraction of sp³-hybridized carbons (Fsp3) is 0.167. The van der Waals surface area contributed by atoms with Crippen molar-refractivity contribution in [1.82, 2.24) is 4.74 Å². The summed E-state index contributed by atoms with van der Waals surface area (Å²) in [7, 11) is 1.49. The number of aromatic nitrogens is 1. The van der Waals surface area contributed by atoms with Crippen LogP contribution in [-0.4, -0.2) is 11.8 Å². The topological polar surface area (TPSA) is 61.4 Å². The molecule has 0 aliphatic rings. The van der Waals surface area contributed by atoms with E-state index in [0.29, 0.717) is 11.4 Å². The van der Waals surface area contributed by atoms with Gasteiger partial charge >= 0.3 is 5.63 Å². The molecule has 17 heavy (non-hydrogen) atoms. The Morgan fingerprint density at radius 1 is 1.35 bits per heavy atom. The molecular weight excluding hydrogens is 222 g/mol. The third kappa shape index (κ3) is 1.75. The summed E-state index contributed by atoms with van der Waals surface area (Å²) < 4.78 is 10.8. The standard InChI is InChI=1S/C12H11NO4/c1-7(2)13-11(14)10-6-8(16-3)4-5-9(10)12(15)17-13/h4-6H,1H2,2-3H3. The number of methoxy groups -OCH3 is 1. The Kier molecular flexibility index (Phi) is 2.59. The Bertz CT molecular complexity index is 708. The lowest BCUT2D eigenvalue weighted by Crippen LogP contribution is -2.23. The zero-order chi connectivity index (χ0) is 12.6. The summed E-state index contributed by atoms with van der Waals surface area (Å²) in [6, 6.07) is 4.61. The molecule has 0 radical (unpaired) electrons. The van der Waals surface area contributed by atoms with Gasteiger partial charge in [-0.1, -0.05) is 6.58 Å². The van der Waals surface area contributed by atoms with Crippen molar-refractivity contribution in [2.75, 3.05) is 7.11 Å². The van der Waals surface area contributed by atoms with Crippen LogP contribution >= 0.6 is 0 Å². The molecule has 0 saturated carbocycles. The first kappa shape index (κ1) is 11.2. The Balaban J connectivity index is 2.95. The maximum Gasteiger partial charge on any atom is 0.364 e. The molecule has 0 fully saturated rings. The number of fused-ring (bicyclic) bond motifs is 1. The van der Waals surface area contributed by atoms with Gasteiger partial charge in [0.2, 0.25) is 0 Å². The second kappa shape index (κ2) is 3.93. The predicted octanol–water partition coefficient (Wildman–Crippen LogP) is 1.45. The van der Waals surface area contributed by atoms with Crippen molar-refractivity contribution in [3.05, 3.63) is 45.6 Å². The highest BCUT2D eigenvalue weighted by Crippen LogP contribution is 2.15. The minimum atomic E-state index is -0.578. The molecule has 1 heterocycles. The van der Waals surface area contributed by atoms with Gasteiger partial charge in [-0.05, 0) is 25.1 Å². The van der Waals surface area contributed by atoms with E-state index in [2.05, 4.69) is 6.58 Å². The average Bonchev–Trinajstić information content (AvgIpc) is 2.32. The number of rotatable bonds is 2. The normalized spacial score (nSPS) is 10.5. The molecule has 0 saturated heterocycles. The van der Waals surface area contributed by atoms with Crippen LogP contribution in [0.1, 0.15) is 6.92 Å². The van der Waals surface area contributed by atoms with Crippen LogP contribution in [0.2, 0.25) is 0 Å². The molecule has 0 bridgehead atoms. The summed E-state index contributed by atoms with van der Waals surface area (Å²) in [6.07, 6.45) is 0. The first-order valence-corrected chi connectivity index (χ1v) is 4.95. The monoisotopic (exact) mass is 233 g/mol. The molecule has 0 unspecified atom stereocenters. The lowest BCUT2D eigenvalue weighted by atomic mass is 10.2. The molecule has 2 rings (SSSR count). The molecule has 2 aromatic rings. The third-order valence-electron chi connectivity index (χ3n) is 2.38. The SMILES string of the molecule is C=C(C)n1oc(=O)c2ccc(OC)cc2c1=O. The number of hydrogen-bond acceptors (Lipinski definition) is 4. The fourth-order valence-electron chi connectivity index (χ4n) is 1.54. The largest absolute Gasteiger partial charge is 0.497 e. The van der Waals surface area contributed by atoms with E-state index in [1.54, 1.807) is 13.0 Å². The molecule has 0 aliphatic carbocycles. The number of allylic oxidation sites excluding steroid dienone is 1. The van der Waals surface area contributed by atoms with Crippen molar-refractivity contribution >= 4 is 16.5 Å². The highest BCUT2D eigenvalue weighted by molar-refractivity contribution is 5.82. The van der Waals surface area contributed by atoms with Crippen LogP contribution in [0, 0.1) is 0 Å². The number of benzene rings is 1. The van der Waals surface area contributed by atoms with Gasteiger partial charge in [-0.2, -0.15) is 0 Å². The van der Waals surface area contributed by atoms with Crippen LogP contribution in [0.15, 0.2) is 38.9 Å². The van der Waals surface area contributed by atoms with Gasteiger partial charge in [0, 0.05) is 0 Å². The van der Waals surface area contributed by atoms with Crippen LogP contribution in [0.25, 0.3) is 16.5 Å². The maximum atomic E-state index is 12.0. The first-order valence-electron chi connectivity index (χ1n) is 4.95. The van der Waals surface area contributed by atoms with Gasteiger partial charge in [0.05, 0.1) is 23.6 Å². The van der Waals surface area contributed by atoms with Crippen LogP contribution < -0.4 is 15.9 Å². The van der Waals surface area contributed by atoms with Gasteiger partial charge in [0.1, 0.15) is 5.75 Å². The maximum absolute atomic E-state index is 12.0. The molecule has 5 heteroatoms. The van der Waals surface area contributed by atoms with E-state index < -0.39 is 11.2 Å². The molecule has 88 valence electrons. The zero-order valence-corrected chi connectivity index (χ0v) is 9.52. The minimum absolute atomic E-state index is 0.230. The number of ether oxygens (including phenoxy) is 1. The van der Waals surface area contributed by atoms with E-state index in [1.165, 1.54) is 19.2 Å². The molecule has 0 N–H and O–H groups in total. The van der Waals surface area contributed by atoms with Gasteiger partial charge in [-0.15, -0.1) is 4.74 Å². The molecule has 0 aliphatic heterocycles. The van der Waals surface area contributed by atoms with Crippen LogP contribution in [0.3, 0.4) is 0 Å². The summed E-state index contributed by atoms with van der Waals surface area (Å²) in [4.78, 5) is 23.7. The molecule has 1 aromatic heterocycles. The molecular formula is C12H11NO4. The van der Waals surface area contributed by atoms with Crippen molar-refractivity contribution < 1.29 is 9.26 Å². The number of nitrogens with zero attached hydrogens (tertiary/aromatic N) is 1. The highest BCUT2D eigenvalue weighted by atomic mass is 16.5. The Hall–Kier alpha value is -2.30. The Labute approximate surface area is 96.5 Å². The lowest BCUT2D eigenvalue weighted by molar-refractivity contribution is 0.305. The Morgan fingerprint density at radius 3 is 2.65 bits per heavy atom. The van der Waals surface area contributed by atoms with Gasteiger partial charge in [0.25, 0.3) is 5.56 Å². The minimum Gasteiger partial charge on any atom is -0.497 e. The summed E-state index contributed by atoms with van der Waals surface area (Å²) in [5, 5.41) is 0.483. The number of hydrogen-bond donors (Lipinski definition) is 0. The van der Waals surface area contributed by atoms with Crippen molar-refractivity contribution in [3.63, 3.8) is 0 Å². The summed E-state index contributed by atoms with van der Waals surface area (Å²) in [6.45, 7) is 5.16. The van der Waals surface area contributed by atoms with E-state index >= 15 is 0 Å².